The average Bonchev–Trinajstić information content (AvgIpc) is 2.91. The molecule has 0 fully saturated rings. The third-order valence-electron chi connectivity index (χ3n) is 6.44. The van der Waals surface area contributed by atoms with E-state index in [4.69, 9.17) is 0 Å². The summed E-state index contributed by atoms with van der Waals surface area (Å²) in [4.78, 5) is 28.5. The largest absolute Gasteiger partial charge is 0.352 e. The zero-order valence-corrected chi connectivity index (χ0v) is 26.4. The van der Waals surface area contributed by atoms with E-state index in [-0.39, 0.29) is 23.4 Å². The third kappa shape index (κ3) is 8.16. The molecular weight excluding hydrogens is 646 g/mol. The summed E-state index contributed by atoms with van der Waals surface area (Å²) in [5, 5.41) is 2.93. The van der Waals surface area contributed by atoms with Crippen LogP contribution in [0.2, 0.25) is 0 Å². The Labute approximate surface area is 247 Å². The number of sulfonamides is 1. The minimum absolute atomic E-state index is 0.0641. The molecule has 0 aliphatic heterocycles. The first-order chi connectivity index (χ1) is 18.4. The molecule has 0 spiro atoms. The standard InChI is InChI=1S/C29H33Br2N3O4S/c1-5-21(3)32-29(36)22(4)33(18-23-8-10-24(30)11-9-23)28(35)19-34(26-14-12-25(31)13-15-26)39(37,38)27-16-6-20(2)7-17-27/h6-17,21-22H,5,18-19H2,1-4H3,(H,32,36)/t21-,22+/m0/s1. The minimum Gasteiger partial charge on any atom is -0.352 e. The van der Waals surface area contributed by atoms with Gasteiger partial charge in [0.1, 0.15) is 12.6 Å². The molecule has 0 aliphatic rings. The first-order valence-corrected chi connectivity index (χ1v) is 15.6. The van der Waals surface area contributed by atoms with Crippen LogP contribution < -0.4 is 9.62 Å². The Morgan fingerprint density at radius 3 is 1.95 bits per heavy atom. The van der Waals surface area contributed by atoms with Crippen LogP contribution in [0, 0.1) is 6.92 Å². The molecule has 39 heavy (non-hydrogen) atoms. The van der Waals surface area contributed by atoms with Crippen molar-refractivity contribution in [2.24, 2.45) is 0 Å². The van der Waals surface area contributed by atoms with Gasteiger partial charge in [0.2, 0.25) is 11.8 Å². The number of anilines is 1. The van der Waals surface area contributed by atoms with Gasteiger partial charge in [0, 0.05) is 21.5 Å². The van der Waals surface area contributed by atoms with Crippen LogP contribution in [0.15, 0.2) is 86.6 Å². The number of rotatable bonds is 11. The second-order valence-electron chi connectivity index (χ2n) is 9.44. The van der Waals surface area contributed by atoms with Gasteiger partial charge in [-0.1, -0.05) is 68.6 Å². The first-order valence-electron chi connectivity index (χ1n) is 12.6. The van der Waals surface area contributed by atoms with E-state index in [0.717, 1.165) is 30.8 Å². The molecule has 3 aromatic carbocycles. The minimum atomic E-state index is -4.10. The summed E-state index contributed by atoms with van der Waals surface area (Å²) in [5.74, 6) is -0.797. The molecule has 7 nitrogen and oxygen atoms in total. The summed E-state index contributed by atoms with van der Waals surface area (Å²) in [6.45, 7) is 7.06. The highest BCUT2D eigenvalue weighted by Crippen LogP contribution is 2.26. The van der Waals surface area contributed by atoms with Crippen LogP contribution in [0.1, 0.15) is 38.3 Å². The number of halogens is 2. The van der Waals surface area contributed by atoms with Crippen molar-refractivity contribution in [1.82, 2.24) is 10.2 Å². The second kappa shape index (κ2) is 13.6. The molecular formula is C29H33Br2N3O4S. The zero-order valence-electron chi connectivity index (χ0n) is 22.4. The van der Waals surface area contributed by atoms with Gasteiger partial charge in [0.25, 0.3) is 10.0 Å². The molecule has 0 saturated carbocycles. The number of carbonyl (C=O) groups is 2. The summed E-state index contributed by atoms with van der Waals surface area (Å²) in [5.41, 5.74) is 2.07. The van der Waals surface area contributed by atoms with Crippen LogP contribution in [0.5, 0.6) is 0 Å². The van der Waals surface area contributed by atoms with Crippen molar-refractivity contribution in [1.29, 1.82) is 0 Å². The van der Waals surface area contributed by atoms with E-state index in [1.807, 2.05) is 45.0 Å². The Hall–Kier alpha value is -2.69. The maximum Gasteiger partial charge on any atom is 0.264 e. The predicted octanol–water partition coefficient (Wildman–Crippen LogP) is 6.05. The molecule has 0 aliphatic carbocycles. The van der Waals surface area contributed by atoms with Gasteiger partial charge < -0.3 is 10.2 Å². The second-order valence-corrected chi connectivity index (χ2v) is 13.1. The van der Waals surface area contributed by atoms with Crippen LogP contribution in [0.4, 0.5) is 5.69 Å². The highest BCUT2D eigenvalue weighted by Gasteiger charge is 2.32. The van der Waals surface area contributed by atoms with Gasteiger partial charge in [-0.25, -0.2) is 8.42 Å². The lowest BCUT2D eigenvalue weighted by atomic mass is 10.1. The normalized spacial score (nSPS) is 12.9. The molecule has 3 rings (SSSR count). The molecule has 0 saturated heterocycles. The van der Waals surface area contributed by atoms with E-state index in [1.165, 1.54) is 17.0 Å². The van der Waals surface area contributed by atoms with E-state index < -0.39 is 28.5 Å². The van der Waals surface area contributed by atoms with Crippen molar-refractivity contribution in [3.8, 4) is 0 Å². The first kappa shape index (κ1) is 30.8. The molecule has 0 bridgehead atoms. The van der Waals surface area contributed by atoms with Crippen LogP contribution in [0.25, 0.3) is 0 Å². The number of nitrogens with zero attached hydrogens (tertiary/aromatic N) is 2. The van der Waals surface area contributed by atoms with E-state index in [9.17, 15) is 18.0 Å². The molecule has 10 heteroatoms. The van der Waals surface area contributed by atoms with E-state index in [2.05, 4.69) is 37.2 Å². The van der Waals surface area contributed by atoms with Crippen LogP contribution >= 0.6 is 31.9 Å². The highest BCUT2D eigenvalue weighted by atomic mass is 79.9. The van der Waals surface area contributed by atoms with Crippen molar-refractivity contribution >= 4 is 59.4 Å². The molecule has 0 aromatic heterocycles. The summed E-state index contributed by atoms with van der Waals surface area (Å²) in [7, 11) is -4.10. The van der Waals surface area contributed by atoms with Gasteiger partial charge in [-0.15, -0.1) is 0 Å². The van der Waals surface area contributed by atoms with Gasteiger partial charge >= 0.3 is 0 Å². The monoisotopic (exact) mass is 677 g/mol. The smallest absolute Gasteiger partial charge is 0.264 e. The average molecular weight is 679 g/mol. The molecule has 208 valence electrons. The number of nitrogens with one attached hydrogen (secondary N) is 1. The van der Waals surface area contributed by atoms with Crippen molar-refractivity contribution in [2.75, 3.05) is 10.8 Å². The van der Waals surface area contributed by atoms with Crippen LogP contribution in [0.3, 0.4) is 0 Å². The highest BCUT2D eigenvalue weighted by molar-refractivity contribution is 9.10. The fourth-order valence-electron chi connectivity index (χ4n) is 3.81. The van der Waals surface area contributed by atoms with Gasteiger partial charge in [-0.3, -0.25) is 13.9 Å². The van der Waals surface area contributed by atoms with Gasteiger partial charge in [0.15, 0.2) is 0 Å². The van der Waals surface area contributed by atoms with Gasteiger partial charge in [-0.2, -0.15) is 0 Å². The number of carbonyl (C=O) groups excluding carboxylic acids is 2. The zero-order chi connectivity index (χ0) is 28.7. The van der Waals surface area contributed by atoms with Crippen molar-refractivity contribution in [3.63, 3.8) is 0 Å². The third-order valence-corrected chi connectivity index (χ3v) is 9.28. The Morgan fingerprint density at radius 1 is 0.872 bits per heavy atom. The molecule has 0 radical (unpaired) electrons. The molecule has 1 N–H and O–H groups in total. The summed E-state index contributed by atoms with van der Waals surface area (Å²) in [6, 6.07) is 19.8. The molecule has 0 unspecified atom stereocenters. The van der Waals surface area contributed by atoms with Gasteiger partial charge in [-0.05, 0) is 81.3 Å². The fraction of sp³-hybridized carbons (Fsp3) is 0.310. The quantitative estimate of drug-likeness (QED) is 0.268. The fourth-order valence-corrected chi connectivity index (χ4v) is 5.75. The molecule has 2 atom stereocenters. The lowest BCUT2D eigenvalue weighted by Crippen LogP contribution is -2.52. The maximum atomic E-state index is 13.9. The van der Waals surface area contributed by atoms with Gasteiger partial charge in [0.05, 0.1) is 10.6 Å². The summed E-state index contributed by atoms with van der Waals surface area (Å²) < 4.78 is 30.4. The molecule has 3 aromatic rings. The van der Waals surface area contributed by atoms with E-state index in [1.54, 1.807) is 43.3 Å². The topological polar surface area (TPSA) is 86.8 Å². The number of benzene rings is 3. The van der Waals surface area contributed by atoms with Crippen molar-refractivity contribution in [3.05, 3.63) is 92.9 Å². The Morgan fingerprint density at radius 2 is 1.41 bits per heavy atom. The number of aryl methyl sites for hydroxylation is 1. The maximum absolute atomic E-state index is 13.9. The predicted molar refractivity (Wildman–Crippen MR) is 162 cm³/mol. The number of hydrogen-bond donors (Lipinski definition) is 1. The van der Waals surface area contributed by atoms with Crippen LogP contribution in [-0.4, -0.2) is 43.8 Å². The lowest BCUT2D eigenvalue weighted by Gasteiger charge is -2.32. The number of amides is 2. The SMILES string of the molecule is CC[C@H](C)NC(=O)[C@@H](C)N(Cc1ccc(Br)cc1)C(=O)CN(c1ccc(Br)cc1)S(=O)(=O)c1ccc(C)cc1. The Kier molecular flexibility index (Phi) is 10.7. The molecule has 2 amide bonds. The summed E-state index contributed by atoms with van der Waals surface area (Å²) >= 11 is 6.80. The number of hydrogen-bond acceptors (Lipinski definition) is 4. The Balaban J connectivity index is 2.01. The van der Waals surface area contributed by atoms with Crippen molar-refractivity contribution < 1.29 is 18.0 Å². The molecule has 0 heterocycles. The lowest BCUT2D eigenvalue weighted by molar-refractivity contribution is -0.139. The van der Waals surface area contributed by atoms with Crippen molar-refractivity contribution in [2.45, 2.75) is 57.6 Å². The van der Waals surface area contributed by atoms with E-state index >= 15 is 0 Å². The van der Waals surface area contributed by atoms with E-state index in [0.29, 0.717) is 5.69 Å². The Bertz CT molecular complexity index is 1380. The summed E-state index contributed by atoms with van der Waals surface area (Å²) in [6.07, 6.45) is 0.741. The van der Waals surface area contributed by atoms with Crippen LogP contribution in [-0.2, 0) is 26.2 Å².